The van der Waals surface area contributed by atoms with Crippen LogP contribution in [0.1, 0.15) is 22.7 Å². The van der Waals surface area contributed by atoms with Crippen molar-refractivity contribution in [1.82, 2.24) is 9.88 Å². The van der Waals surface area contributed by atoms with E-state index in [9.17, 15) is 5.26 Å². The van der Waals surface area contributed by atoms with E-state index in [0.29, 0.717) is 17.5 Å². The van der Waals surface area contributed by atoms with Crippen molar-refractivity contribution in [1.29, 1.82) is 5.26 Å². The highest BCUT2D eigenvalue weighted by Gasteiger charge is 2.24. The van der Waals surface area contributed by atoms with Gasteiger partial charge in [-0.3, -0.25) is 4.90 Å². The summed E-state index contributed by atoms with van der Waals surface area (Å²) in [7, 11) is 0. The van der Waals surface area contributed by atoms with Crippen LogP contribution in [-0.2, 0) is 13.2 Å². The van der Waals surface area contributed by atoms with Crippen molar-refractivity contribution >= 4 is 5.88 Å². The molecule has 0 spiro atoms. The molecule has 1 fully saturated rings. The molecule has 0 unspecified atom stereocenters. The zero-order valence-electron chi connectivity index (χ0n) is 16.5. The second-order valence-corrected chi connectivity index (χ2v) is 7.18. The zero-order chi connectivity index (χ0) is 20.1. The summed E-state index contributed by atoms with van der Waals surface area (Å²) in [5, 5.41) is 9.49. The third-order valence-corrected chi connectivity index (χ3v) is 5.11. The Hall–Kier alpha value is -3.30. The van der Waals surface area contributed by atoms with Gasteiger partial charge in [0.15, 0.2) is 6.61 Å². The topological polar surface area (TPSA) is 65.5 Å². The number of aryl methyl sites for hydroxylation is 1. The highest BCUT2D eigenvalue weighted by atomic mass is 16.5. The van der Waals surface area contributed by atoms with Crippen LogP contribution in [0.2, 0.25) is 0 Å². The molecule has 0 radical (unpaired) electrons. The van der Waals surface area contributed by atoms with E-state index < -0.39 is 0 Å². The van der Waals surface area contributed by atoms with E-state index in [2.05, 4.69) is 45.1 Å². The lowest BCUT2D eigenvalue weighted by Crippen LogP contribution is -2.46. The molecule has 0 amide bonds. The Morgan fingerprint density at radius 3 is 2.48 bits per heavy atom. The second kappa shape index (κ2) is 8.80. The molecular weight excluding hydrogens is 364 g/mol. The van der Waals surface area contributed by atoms with Crippen molar-refractivity contribution in [2.24, 2.45) is 0 Å². The van der Waals surface area contributed by atoms with Crippen molar-refractivity contribution in [3.8, 4) is 11.8 Å². The number of para-hydroxylation sites is 1. The molecule has 1 saturated heterocycles. The van der Waals surface area contributed by atoms with Gasteiger partial charge in [-0.05, 0) is 24.1 Å². The summed E-state index contributed by atoms with van der Waals surface area (Å²) in [6.07, 6.45) is 0. The molecule has 6 nitrogen and oxygen atoms in total. The maximum atomic E-state index is 9.49. The quantitative estimate of drug-likeness (QED) is 0.641. The van der Waals surface area contributed by atoms with Crippen LogP contribution >= 0.6 is 0 Å². The average Bonchev–Trinajstić information content (AvgIpc) is 3.18. The van der Waals surface area contributed by atoms with E-state index in [0.717, 1.165) is 44.0 Å². The Balaban J connectivity index is 1.37. The minimum atomic E-state index is 0.202. The van der Waals surface area contributed by atoms with Gasteiger partial charge in [0.1, 0.15) is 11.8 Å². The van der Waals surface area contributed by atoms with E-state index in [1.807, 2.05) is 37.3 Å². The number of oxazole rings is 1. The number of piperazine rings is 1. The molecule has 3 aromatic rings. The van der Waals surface area contributed by atoms with E-state index in [1.54, 1.807) is 0 Å². The minimum absolute atomic E-state index is 0.202. The molecule has 4 rings (SSSR count). The molecule has 1 aromatic heterocycles. The highest BCUT2D eigenvalue weighted by molar-refractivity contribution is 5.48. The summed E-state index contributed by atoms with van der Waals surface area (Å²) >= 11 is 0. The van der Waals surface area contributed by atoms with Gasteiger partial charge in [-0.25, -0.2) is 0 Å². The SMILES string of the molecule is Cc1ccccc1OCc1nc(C#N)c(N2CCN(Cc3ccccc3)CC2)o1. The lowest BCUT2D eigenvalue weighted by Gasteiger charge is -2.34. The van der Waals surface area contributed by atoms with Crippen LogP contribution in [0.4, 0.5) is 5.88 Å². The number of benzene rings is 2. The monoisotopic (exact) mass is 388 g/mol. The number of nitriles is 1. The van der Waals surface area contributed by atoms with Gasteiger partial charge in [-0.2, -0.15) is 10.2 Å². The summed E-state index contributed by atoms with van der Waals surface area (Å²) < 4.78 is 11.7. The van der Waals surface area contributed by atoms with Crippen LogP contribution < -0.4 is 9.64 Å². The van der Waals surface area contributed by atoms with Gasteiger partial charge in [0.25, 0.3) is 0 Å². The Morgan fingerprint density at radius 1 is 1.03 bits per heavy atom. The van der Waals surface area contributed by atoms with Gasteiger partial charge in [-0.15, -0.1) is 0 Å². The molecule has 0 bridgehead atoms. The van der Waals surface area contributed by atoms with E-state index in [1.165, 1.54) is 5.56 Å². The van der Waals surface area contributed by atoms with Crippen LogP contribution in [0.5, 0.6) is 5.75 Å². The molecule has 2 aromatic carbocycles. The zero-order valence-corrected chi connectivity index (χ0v) is 16.5. The summed E-state index contributed by atoms with van der Waals surface area (Å²) in [4.78, 5) is 8.84. The third-order valence-electron chi connectivity index (χ3n) is 5.11. The van der Waals surface area contributed by atoms with Crippen LogP contribution in [0.15, 0.2) is 59.0 Å². The van der Waals surface area contributed by atoms with Gasteiger partial charge >= 0.3 is 0 Å². The van der Waals surface area contributed by atoms with Crippen molar-refractivity contribution in [2.45, 2.75) is 20.1 Å². The Kier molecular flexibility index (Phi) is 5.78. The van der Waals surface area contributed by atoms with Crippen molar-refractivity contribution in [2.75, 3.05) is 31.1 Å². The van der Waals surface area contributed by atoms with Gasteiger partial charge in [-0.1, -0.05) is 48.5 Å². The number of hydrogen-bond donors (Lipinski definition) is 0. The normalized spacial score (nSPS) is 14.6. The predicted molar refractivity (Wildman–Crippen MR) is 111 cm³/mol. The van der Waals surface area contributed by atoms with E-state index >= 15 is 0 Å². The van der Waals surface area contributed by atoms with Crippen molar-refractivity contribution in [3.05, 3.63) is 77.3 Å². The summed E-state index contributed by atoms with van der Waals surface area (Å²) in [5.74, 6) is 1.77. The standard InChI is InChI=1S/C23H24N4O2/c1-18-7-5-6-10-21(18)28-17-22-25-20(15-24)23(29-22)27-13-11-26(12-14-27)16-19-8-3-2-4-9-19/h2-10H,11-14,16-17H2,1H3. The molecule has 6 heteroatoms. The first-order valence-electron chi connectivity index (χ1n) is 9.82. The number of aromatic nitrogens is 1. The molecule has 0 N–H and O–H groups in total. The maximum absolute atomic E-state index is 9.49. The minimum Gasteiger partial charge on any atom is -0.484 e. The van der Waals surface area contributed by atoms with Crippen LogP contribution in [0.25, 0.3) is 0 Å². The van der Waals surface area contributed by atoms with Gasteiger partial charge in [0.2, 0.25) is 17.5 Å². The molecule has 0 aliphatic carbocycles. The number of rotatable bonds is 6. The van der Waals surface area contributed by atoms with Gasteiger partial charge in [0.05, 0.1) is 0 Å². The lowest BCUT2D eigenvalue weighted by molar-refractivity contribution is 0.240. The van der Waals surface area contributed by atoms with Crippen molar-refractivity contribution < 1.29 is 9.15 Å². The maximum Gasteiger partial charge on any atom is 0.236 e. The molecule has 29 heavy (non-hydrogen) atoms. The number of hydrogen-bond acceptors (Lipinski definition) is 6. The van der Waals surface area contributed by atoms with Crippen LogP contribution in [0.3, 0.4) is 0 Å². The first kappa shape index (κ1) is 19.0. The fourth-order valence-electron chi connectivity index (χ4n) is 3.51. The Morgan fingerprint density at radius 2 is 1.76 bits per heavy atom. The number of anilines is 1. The number of nitrogens with zero attached hydrogens (tertiary/aromatic N) is 4. The smallest absolute Gasteiger partial charge is 0.236 e. The largest absolute Gasteiger partial charge is 0.484 e. The highest BCUT2D eigenvalue weighted by Crippen LogP contribution is 2.25. The van der Waals surface area contributed by atoms with Gasteiger partial charge < -0.3 is 14.1 Å². The Labute approximate surface area is 170 Å². The van der Waals surface area contributed by atoms with Crippen molar-refractivity contribution in [3.63, 3.8) is 0 Å². The molecule has 1 aliphatic heterocycles. The fourth-order valence-corrected chi connectivity index (χ4v) is 3.51. The number of ether oxygens (including phenoxy) is 1. The molecule has 0 atom stereocenters. The average molecular weight is 388 g/mol. The summed E-state index contributed by atoms with van der Waals surface area (Å²) in [6.45, 7) is 6.56. The van der Waals surface area contributed by atoms with E-state index in [4.69, 9.17) is 9.15 Å². The molecule has 1 aliphatic rings. The molecular formula is C23H24N4O2. The third kappa shape index (κ3) is 4.58. The molecule has 2 heterocycles. The predicted octanol–water partition coefficient (Wildman–Crippen LogP) is 3.76. The summed E-state index contributed by atoms with van der Waals surface area (Å²) in [5.41, 5.74) is 2.69. The molecule has 148 valence electrons. The molecule has 0 saturated carbocycles. The first-order chi connectivity index (χ1) is 14.2. The Bertz CT molecular complexity index is 986. The second-order valence-electron chi connectivity index (χ2n) is 7.18. The van der Waals surface area contributed by atoms with Crippen LogP contribution in [-0.4, -0.2) is 36.1 Å². The van der Waals surface area contributed by atoms with Gasteiger partial charge in [0, 0.05) is 32.7 Å². The first-order valence-corrected chi connectivity index (χ1v) is 9.82. The lowest BCUT2D eigenvalue weighted by atomic mass is 10.2. The fraction of sp³-hybridized carbons (Fsp3) is 0.304. The summed E-state index contributed by atoms with van der Waals surface area (Å²) in [6, 6.07) is 20.4. The van der Waals surface area contributed by atoms with E-state index in [-0.39, 0.29) is 6.61 Å². The van der Waals surface area contributed by atoms with Crippen LogP contribution in [0, 0.1) is 18.3 Å².